The molecule has 2 atom stereocenters. The second-order valence-electron chi connectivity index (χ2n) is 4.30. The molecular formula is C11H19N3S. The van der Waals surface area contributed by atoms with Crippen LogP contribution in [0.5, 0.6) is 0 Å². The van der Waals surface area contributed by atoms with E-state index in [0.29, 0.717) is 12.1 Å². The molecule has 0 bridgehead atoms. The monoisotopic (exact) mass is 225 g/mol. The van der Waals surface area contributed by atoms with Crippen LogP contribution >= 0.6 is 11.3 Å². The lowest BCUT2D eigenvalue weighted by atomic mass is 9.98. The number of nitrogens with one attached hydrogen (secondary N) is 1. The van der Waals surface area contributed by atoms with E-state index in [-0.39, 0.29) is 0 Å². The minimum absolute atomic E-state index is 0.679. The van der Waals surface area contributed by atoms with Crippen LogP contribution in [0.15, 0.2) is 11.7 Å². The fraction of sp³-hybridized carbons (Fsp3) is 0.727. The van der Waals surface area contributed by atoms with Gasteiger partial charge in [-0.2, -0.15) is 0 Å². The highest BCUT2D eigenvalue weighted by Gasteiger charge is 2.24. The van der Waals surface area contributed by atoms with Crippen LogP contribution in [0.3, 0.4) is 0 Å². The average molecular weight is 225 g/mol. The van der Waals surface area contributed by atoms with Crippen LogP contribution < -0.4 is 5.32 Å². The van der Waals surface area contributed by atoms with Gasteiger partial charge in [0.1, 0.15) is 0 Å². The number of rotatable bonds is 3. The molecule has 2 heterocycles. The fourth-order valence-electron chi connectivity index (χ4n) is 2.24. The molecule has 0 aromatic carbocycles. The van der Waals surface area contributed by atoms with E-state index in [9.17, 15) is 0 Å². The predicted octanol–water partition coefficient (Wildman–Crippen LogP) is 1.72. The second kappa shape index (κ2) is 5.05. The van der Waals surface area contributed by atoms with E-state index in [0.717, 1.165) is 6.54 Å². The molecule has 1 aliphatic rings. The van der Waals surface area contributed by atoms with E-state index in [2.05, 4.69) is 29.2 Å². The van der Waals surface area contributed by atoms with Gasteiger partial charge < -0.3 is 5.32 Å². The lowest BCUT2D eigenvalue weighted by Gasteiger charge is -2.37. The van der Waals surface area contributed by atoms with Crippen molar-refractivity contribution in [2.75, 3.05) is 13.6 Å². The molecule has 15 heavy (non-hydrogen) atoms. The summed E-state index contributed by atoms with van der Waals surface area (Å²) >= 11 is 1.76. The third-order valence-corrected chi connectivity index (χ3v) is 4.03. The first-order chi connectivity index (χ1) is 7.29. The van der Waals surface area contributed by atoms with Crippen molar-refractivity contribution < 1.29 is 0 Å². The van der Waals surface area contributed by atoms with Gasteiger partial charge in [0.15, 0.2) is 0 Å². The molecule has 0 saturated carbocycles. The highest BCUT2D eigenvalue weighted by Crippen LogP contribution is 2.20. The van der Waals surface area contributed by atoms with Gasteiger partial charge >= 0.3 is 0 Å². The van der Waals surface area contributed by atoms with Crippen molar-refractivity contribution in [3.8, 4) is 0 Å². The Hall–Kier alpha value is -0.450. The number of hydrogen-bond donors (Lipinski definition) is 1. The topological polar surface area (TPSA) is 28.2 Å². The summed E-state index contributed by atoms with van der Waals surface area (Å²) in [5.41, 5.74) is 1.92. The molecule has 0 radical (unpaired) electrons. The number of aromatic nitrogens is 1. The number of hydrogen-bond acceptors (Lipinski definition) is 4. The third-order valence-electron chi connectivity index (χ3n) is 3.26. The number of thiazole rings is 1. The predicted molar refractivity (Wildman–Crippen MR) is 64.1 cm³/mol. The van der Waals surface area contributed by atoms with Gasteiger partial charge in [-0.1, -0.05) is 0 Å². The normalized spacial score (nSPS) is 28.1. The summed E-state index contributed by atoms with van der Waals surface area (Å²) in [6.45, 7) is 4.59. The average Bonchev–Trinajstić information content (AvgIpc) is 2.74. The summed E-state index contributed by atoms with van der Waals surface area (Å²) in [5.74, 6) is 0. The van der Waals surface area contributed by atoms with Crippen molar-refractivity contribution in [3.63, 3.8) is 0 Å². The van der Waals surface area contributed by atoms with E-state index < -0.39 is 0 Å². The Labute approximate surface area is 95.5 Å². The minimum Gasteiger partial charge on any atom is -0.317 e. The van der Waals surface area contributed by atoms with E-state index in [1.54, 1.807) is 11.3 Å². The molecule has 1 fully saturated rings. The quantitative estimate of drug-likeness (QED) is 0.849. The van der Waals surface area contributed by atoms with Gasteiger partial charge in [0.25, 0.3) is 0 Å². The molecule has 1 aromatic rings. The van der Waals surface area contributed by atoms with Gasteiger partial charge in [-0.05, 0) is 26.8 Å². The summed E-state index contributed by atoms with van der Waals surface area (Å²) in [7, 11) is 2.07. The van der Waals surface area contributed by atoms with Gasteiger partial charge in [-0.3, -0.25) is 9.88 Å². The maximum absolute atomic E-state index is 4.12. The summed E-state index contributed by atoms with van der Waals surface area (Å²) in [6.07, 6.45) is 4.51. The Kier molecular flexibility index (Phi) is 3.72. The summed E-state index contributed by atoms with van der Waals surface area (Å²) in [5, 5.41) is 3.38. The molecule has 1 aliphatic heterocycles. The van der Waals surface area contributed by atoms with Gasteiger partial charge in [0.2, 0.25) is 0 Å². The minimum atomic E-state index is 0.679. The van der Waals surface area contributed by atoms with Crippen LogP contribution in [0.4, 0.5) is 0 Å². The van der Waals surface area contributed by atoms with E-state index >= 15 is 0 Å². The van der Waals surface area contributed by atoms with Crippen molar-refractivity contribution in [1.29, 1.82) is 0 Å². The molecule has 84 valence electrons. The number of likely N-dealkylation sites (tertiary alicyclic amines) is 1. The van der Waals surface area contributed by atoms with E-state index in [4.69, 9.17) is 0 Å². The van der Waals surface area contributed by atoms with E-state index in [1.165, 1.54) is 24.3 Å². The molecule has 4 heteroatoms. The lowest BCUT2D eigenvalue weighted by Crippen LogP contribution is -2.45. The van der Waals surface area contributed by atoms with E-state index in [1.807, 2.05) is 11.7 Å². The Bertz CT molecular complexity index is 286. The fourth-order valence-corrected chi connectivity index (χ4v) is 2.86. The van der Waals surface area contributed by atoms with Crippen LogP contribution in [-0.2, 0) is 6.54 Å². The molecule has 2 rings (SSSR count). The first kappa shape index (κ1) is 11.0. The molecule has 2 unspecified atom stereocenters. The van der Waals surface area contributed by atoms with Crippen molar-refractivity contribution >= 4 is 11.3 Å². The zero-order chi connectivity index (χ0) is 10.7. The standard InChI is InChI=1S/C11H19N3S/c1-9-5-10(12-2)3-4-14(9)7-11-6-13-8-15-11/h6,8-10,12H,3-5,7H2,1-2H3. The first-order valence-corrected chi connectivity index (χ1v) is 6.46. The second-order valence-corrected chi connectivity index (χ2v) is 5.27. The lowest BCUT2D eigenvalue weighted by molar-refractivity contribution is 0.132. The van der Waals surface area contributed by atoms with Crippen LogP contribution in [0, 0.1) is 0 Å². The van der Waals surface area contributed by atoms with Crippen molar-refractivity contribution in [2.45, 2.75) is 38.4 Å². The summed E-state index contributed by atoms with van der Waals surface area (Å²) < 4.78 is 0. The Morgan fingerprint density at radius 1 is 1.67 bits per heavy atom. The van der Waals surface area contributed by atoms with Crippen molar-refractivity contribution in [3.05, 3.63) is 16.6 Å². The summed E-state index contributed by atoms with van der Waals surface area (Å²) in [6, 6.07) is 1.39. The van der Waals surface area contributed by atoms with Gasteiger partial charge in [0.05, 0.1) is 5.51 Å². The molecular weight excluding hydrogens is 206 g/mol. The van der Waals surface area contributed by atoms with Gasteiger partial charge in [0, 0.05) is 36.2 Å². The number of piperidine rings is 1. The smallest absolute Gasteiger partial charge is 0.0794 e. The SMILES string of the molecule is CNC1CCN(Cc2cncs2)C(C)C1. The molecule has 0 aliphatic carbocycles. The highest BCUT2D eigenvalue weighted by molar-refractivity contribution is 7.09. The zero-order valence-corrected chi connectivity index (χ0v) is 10.3. The third kappa shape index (κ3) is 2.77. The molecule has 0 spiro atoms. The Morgan fingerprint density at radius 2 is 2.53 bits per heavy atom. The maximum Gasteiger partial charge on any atom is 0.0794 e. The molecule has 1 saturated heterocycles. The largest absolute Gasteiger partial charge is 0.317 e. The van der Waals surface area contributed by atoms with Gasteiger partial charge in [-0.15, -0.1) is 11.3 Å². The van der Waals surface area contributed by atoms with Crippen LogP contribution in [-0.4, -0.2) is 35.6 Å². The Morgan fingerprint density at radius 3 is 3.13 bits per heavy atom. The van der Waals surface area contributed by atoms with Crippen LogP contribution in [0.1, 0.15) is 24.6 Å². The molecule has 0 amide bonds. The van der Waals surface area contributed by atoms with Crippen molar-refractivity contribution in [1.82, 2.24) is 15.2 Å². The first-order valence-electron chi connectivity index (χ1n) is 5.58. The van der Waals surface area contributed by atoms with Crippen molar-refractivity contribution in [2.24, 2.45) is 0 Å². The summed E-state index contributed by atoms with van der Waals surface area (Å²) in [4.78, 5) is 8.06. The van der Waals surface area contributed by atoms with Crippen LogP contribution in [0.25, 0.3) is 0 Å². The number of nitrogens with zero attached hydrogens (tertiary/aromatic N) is 2. The molecule has 3 nitrogen and oxygen atoms in total. The zero-order valence-electron chi connectivity index (χ0n) is 9.44. The molecule has 1 N–H and O–H groups in total. The Balaban J connectivity index is 1.89. The maximum atomic E-state index is 4.12. The highest BCUT2D eigenvalue weighted by atomic mass is 32.1. The van der Waals surface area contributed by atoms with Crippen LogP contribution in [0.2, 0.25) is 0 Å². The van der Waals surface area contributed by atoms with Gasteiger partial charge in [-0.25, -0.2) is 0 Å². The molecule has 1 aromatic heterocycles.